The maximum absolute atomic E-state index is 13.2. The van der Waals surface area contributed by atoms with Crippen LogP contribution < -0.4 is 4.90 Å². The van der Waals surface area contributed by atoms with Gasteiger partial charge in [-0.05, 0) is 66.7 Å². The van der Waals surface area contributed by atoms with Crippen molar-refractivity contribution >= 4 is 56.3 Å². The molecule has 0 saturated carbocycles. The van der Waals surface area contributed by atoms with Gasteiger partial charge in [0, 0.05) is 10.2 Å². The number of thioether (sulfide) groups is 1. The van der Waals surface area contributed by atoms with Crippen molar-refractivity contribution < 1.29 is 4.79 Å². The van der Waals surface area contributed by atoms with Crippen molar-refractivity contribution in [3.05, 3.63) is 93.4 Å². The summed E-state index contributed by atoms with van der Waals surface area (Å²) >= 11 is 4.83. The first-order valence-corrected chi connectivity index (χ1v) is 10.3. The van der Waals surface area contributed by atoms with Gasteiger partial charge >= 0.3 is 0 Å². The van der Waals surface area contributed by atoms with Gasteiger partial charge < -0.3 is 0 Å². The van der Waals surface area contributed by atoms with E-state index in [2.05, 4.69) is 25.9 Å². The highest BCUT2D eigenvalue weighted by molar-refractivity contribution is 9.10. The number of rotatable bonds is 3. The first-order valence-electron chi connectivity index (χ1n) is 8.67. The average Bonchev–Trinajstić information content (AvgIpc) is 2.97. The van der Waals surface area contributed by atoms with E-state index in [0.717, 1.165) is 21.4 Å². The number of hydrogen-bond acceptors (Lipinski definition) is 4. The summed E-state index contributed by atoms with van der Waals surface area (Å²) in [5.74, 6) is 0.488. The normalized spacial score (nSPS) is 16.9. The fraction of sp³-hybridized carbons (Fsp3) is 0.0455. The molecule has 1 saturated heterocycles. The summed E-state index contributed by atoms with van der Waals surface area (Å²) in [4.78, 5) is 24.5. The van der Waals surface area contributed by atoms with E-state index in [-0.39, 0.29) is 5.91 Å². The van der Waals surface area contributed by atoms with E-state index >= 15 is 0 Å². The molecule has 2 aromatic carbocycles. The Kier molecular flexibility index (Phi) is 5.41. The van der Waals surface area contributed by atoms with Crippen molar-refractivity contribution in [1.82, 2.24) is 4.98 Å². The molecule has 3 aromatic rings. The number of amides is 1. The maximum Gasteiger partial charge on any atom is 0.271 e. The number of aryl methyl sites for hydroxylation is 1. The van der Waals surface area contributed by atoms with E-state index in [1.54, 1.807) is 4.90 Å². The van der Waals surface area contributed by atoms with Crippen LogP contribution in [0, 0.1) is 6.92 Å². The molecule has 1 aliphatic rings. The standard InChI is InChI=1S/C22H16BrN3OS/c1-15-7-5-12-20(24-15)25-22-26(18-10-3-2-4-11-18)21(27)19(28-22)14-16-8-6-9-17(23)13-16/h2-14H,1H3/b19-14-,25-22+. The molecular weight excluding hydrogens is 434 g/mol. The molecule has 1 amide bonds. The lowest BCUT2D eigenvalue weighted by atomic mass is 10.2. The fourth-order valence-corrected chi connectivity index (χ4v) is 4.20. The summed E-state index contributed by atoms with van der Waals surface area (Å²) in [6, 6.07) is 23.1. The number of aromatic nitrogens is 1. The van der Waals surface area contributed by atoms with Crippen molar-refractivity contribution in [1.29, 1.82) is 0 Å². The molecule has 1 fully saturated rings. The molecule has 0 radical (unpaired) electrons. The predicted octanol–water partition coefficient (Wildman–Crippen LogP) is 5.96. The number of hydrogen-bond donors (Lipinski definition) is 0. The number of para-hydroxylation sites is 1. The minimum atomic E-state index is -0.0948. The van der Waals surface area contributed by atoms with Gasteiger partial charge in [0.15, 0.2) is 11.0 Å². The van der Waals surface area contributed by atoms with E-state index in [0.29, 0.717) is 15.9 Å². The van der Waals surface area contributed by atoms with Crippen LogP contribution in [0.15, 0.2) is 87.2 Å². The summed E-state index contributed by atoms with van der Waals surface area (Å²) in [5.41, 5.74) is 2.62. The summed E-state index contributed by atoms with van der Waals surface area (Å²) in [5, 5.41) is 0.593. The molecule has 1 aromatic heterocycles. The van der Waals surface area contributed by atoms with E-state index in [1.165, 1.54) is 11.8 Å². The van der Waals surface area contributed by atoms with Crippen molar-refractivity contribution in [2.45, 2.75) is 6.92 Å². The number of anilines is 1. The molecule has 0 bridgehead atoms. The number of halogens is 1. The zero-order valence-corrected chi connectivity index (χ0v) is 17.4. The molecule has 6 heteroatoms. The number of nitrogens with zero attached hydrogens (tertiary/aromatic N) is 3. The van der Waals surface area contributed by atoms with Crippen LogP contribution in [0.2, 0.25) is 0 Å². The highest BCUT2D eigenvalue weighted by Gasteiger charge is 2.34. The van der Waals surface area contributed by atoms with Crippen LogP contribution in [-0.4, -0.2) is 16.1 Å². The Morgan fingerprint density at radius 3 is 2.57 bits per heavy atom. The van der Waals surface area contributed by atoms with E-state index in [9.17, 15) is 4.79 Å². The Balaban J connectivity index is 1.78. The number of aliphatic imine (C=N–C) groups is 1. The lowest BCUT2D eigenvalue weighted by Gasteiger charge is -2.15. The van der Waals surface area contributed by atoms with Crippen molar-refractivity contribution in [3.63, 3.8) is 0 Å². The lowest BCUT2D eigenvalue weighted by Crippen LogP contribution is -2.28. The Labute approximate surface area is 176 Å². The predicted molar refractivity (Wildman–Crippen MR) is 120 cm³/mol. The lowest BCUT2D eigenvalue weighted by molar-refractivity contribution is -0.113. The van der Waals surface area contributed by atoms with Crippen LogP contribution in [0.3, 0.4) is 0 Å². The molecule has 4 nitrogen and oxygen atoms in total. The van der Waals surface area contributed by atoms with Gasteiger partial charge in [0.2, 0.25) is 0 Å². The summed E-state index contributed by atoms with van der Waals surface area (Å²) in [6.45, 7) is 1.92. The van der Waals surface area contributed by atoms with Gasteiger partial charge in [0.25, 0.3) is 5.91 Å². The number of carbonyl (C=O) groups is 1. The molecule has 2 heterocycles. The molecule has 28 heavy (non-hydrogen) atoms. The number of amidine groups is 1. The van der Waals surface area contributed by atoms with Crippen molar-refractivity contribution in [3.8, 4) is 0 Å². The number of carbonyl (C=O) groups excluding carboxylic acids is 1. The van der Waals surface area contributed by atoms with Gasteiger partial charge in [-0.1, -0.05) is 52.3 Å². The van der Waals surface area contributed by atoms with E-state index < -0.39 is 0 Å². The number of pyridine rings is 1. The van der Waals surface area contributed by atoms with Crippen LogP contribution in [0.5, 0.6) is 0 Å². The Morgan fingerprint density at radius 2 is 1.82 bits per heavy atom. The molecule has 138 valence electrons. The molecule has 0 atom stereocenters. The largest absolute Gasteiger partial charge is 0.271 e. The van der Waals surface area contributed by atoms with E-state index in [1.807, 2.05) is 85.8 Å². The first-order chi connectivity index (χ1) is 13.6. The quantitative estimate of drug-likeness (QED) is 0.463. The Morgan fingerprint density at radius 1 is 1.04 bits per heavy atom. The molecule has 0 N–H and O–H groups in total. The molecule has 0 aliphatic carbocycles. The second-order valence-electron chi connectivity index (χ2n) is 6.17. The van der Waals surface area contributed by atoms with E-state index in [4.69, 9.17) is 0 Å². The molecule has 4 rings (SSSR count). The fourth-order valence-electron chi connectivity index (χ4n) is 2.79. The van der Waals surface area contributed by atoms with Crippen LogP contribution in [0.25, 0.3) is 6.08 Å². The Bertz CT molecular complexity index is 1100. The third-order valence-electron chi connectivity index (χ3n) is 4.05. The third kappa shape index (κ3) is 4.08. The minimum Gasteiger partial charge on any atom is -0.268 e. The average molecular weight is 450 g/mol. The minimum absolute atomic E-state index is 0.0948. The van der Waals surface area contributed by atoms with Gasteiger partial charge in [-0.3, -0.25) is 9.69 Å². The van der Waals surface area contributed by atoms with Crippen molar-refractivity contribution in [2.24, 2.45) is 4.99 Å². The molecule has 1 aliphatic heterocycles. The van der Waals surface area contributed by atoms with Crippen LogP contribution in [0.4, 0.5) is 11.5 Å². The number of benzene rings is 2. The van der Waals surface area contributed by atoms with Crippen LogP contribution >= 0.6 is 27.7 Å². The smallest absolute Gasteiger partial charge is 0.268 e. The third-order valence-corrected chi connectivity index (χ3v) is 5.51. The highest BCUT2D eigenvalue weighted by atomic mass is 79.9. The topological polar surface area (TPSA) is 45.6 Å². The van der Waals surface area contributed by atoms with Crippen LogP contribution in [0.1, 0.15) is 11.3 Å². The molecule has 0 unspecified atom stereocenters. The van der Waals surface area contributed by atoms with Crippen molar-refractivity contribution in [2.75, 3.05) is 4.90 Å². The van der Waals surface area contributed by atoms with Gasteiger partial charge in [-0.2, -0.15) is 0 Å². The Hall–Kier alpha value is -2.70. The molecule has 0 spiro atoms. The zero-order chi connectivity index (χ0) is 19.5. The first kappa shape index (κ1) is 18.7. The van der Waals surface area contributed by atoms with Gasteiger partial charge in [0.1, 0.15) is 0 Å². The summed E-state index contributed by atoms with van der Waals surface area (Å²) < 4.78 is 0.968. The zero-order valence-electron chi connectivity index (χ0n) is 15.0. The second-order valence-corrected chi connectivity index (χ2v) is 8.10. The van der Waals surface area contributed by atoms with Gasteiger partial charge in [-0.25, -0.2) is 9.98 Å². The SMILES string of the molecule is Cc1cccc(/N=C2/S/C(=C\c3cccc(Br)c3)C(=O)N2c2ccccc2)n1. The van der Waals surface area contributed by atoms with Gasteiger partial charge in [0.05, 0.1) is 10.6 Å². The van der Waals surface area contributed by atoms with Gasteiger partial charge in [-0.15, -0.1) is 0 Å². The monoisotopic (exact) mass is 449 g/mol. The molecular formula is C22H16BrN3OS. The highest BCUT2D eigenvalue weighted by Crippen LogP contribution is 2.37. The maximum atomic E-state index is 13.2. The second kappa shape index (κ2) is 8.12. The summed E-state index contributed by atoms with van der Waals surface area (Å²) in [6.07, 6.45) is 1.89. The summed E-state index contributed by atoms with van der Waals surface area (Å²) in [7, 11) is 0. The van der Waals surface area contributed by atoms with Crippen LogP contribution in [-0.2, 0) is 4.79 Å².